The second-order valence-electron chi connectivity index (χ2n) is 8.90. The Balaban J connectivity index is -0.00000544. The quantitative estimate of drug-likeness (QED) is 0.0581. The van der Waals surface area contributed by atoms with Crippen molar-refractivity contribution in [1.82, 2.24) is 0 Å². The first-order chi connectivity index (χ1) is 16.0. The number of aliphatic carboxylic acids is 2. The number of carboxylic acid groups (broad SMARTS) is 2. The largest absolute Gasteiger partial charge is 1.00 e. The Morgan fingerprint density at radius 3 is 1.22 bits per heavy atom. The summed E-state index contributed by atoms with van der Waals surface area (Å²) in [7, 11) is -5.67. The molecule has 0 saturated carbocycles. The number of hydrogen-bond acceptors (Lipinski definition) is 8. The fraction of sp³-hybridized carbons (Fsp3) is 0.833. The third-order valence-corrected chi connectivity index (χ3v) is 7.26. The Labute approximate surface area is 301 Å². The summed E-state index contributed by atoms with van der Waals surface area (Å²) in [5.74, 6) is -7.76. The molecule has 0 fully saturated rings. The van der Waals surface area contributed by atoms with E-state index in [9.17, 15) is 42.4 Å². The van der Waals surface area contributed by atoms with Crippen molar-refractivity contribution in [3.8, 4) is 0 Å². The molecule has 12 heteroatoms. The molecule has 0 aromatic heterocycles. The van der Waals surface area contributed by atoms with Crippen LogP contribution in [-0.4, -0.2) is 41.7 Å². The first kappa shape index (κ1) is 41.9. The summed E-state index contributed by atoms with van der Waals surface area (Å²) in [4.78, 5) is 49.7. The van der Waals surface area contributed by atoms with Crippen molar-refractivity contribution in [2.75, 3.05) is 0 Å². The van der Waals surface area contributed by atoms with E-state index in [1.54, 1.807) is 0 Å². The smallest absolute Gasteiger partial charge is 0.549 e. The van der Waals surface area contributed by atoms with E-state index in [2.05, 4.69) is 13.8 Å². The molecule has 0 spiro atoms. The van der Waals surface area contributed by atoms with Crippen molar-refractivity contribution in [1.29, 1.82) is 0 Å². The molecule has 0 aromatic rings. The van der Waals surface area contributed by atoms with Gasteiger partial charge in [0.25, 0.3) is 10.1 Å². The van der Waals surface area contributed by atoms with Gasteiger partial charge in [0, 0.05) is 12.8 Å². The van der Waals surface area contributed by atoms with Crippen molar-refractivity contribution >= 4 is 33.6 Å². The zero-order chi connectivity index (χ0) is 26.2. The Kier molecular flexibility index (Phi) is 27.0. The number of carbonyl (C=O) groups is 4. The van der Waals surface area contributed by atoms with Gasteiger partial charge in [0.15, 0.2) is 22.2 Å². The Morgan fingerprint density at radius 1 is 0.667 bits per heavy atom. The Hall–Kier alpha value is 1.46. The molecule has 0 amide bonds. The van der Waals surface area contributed by atoms with Crippen LogP contribution in [0.25, 0.3) is 0 Å². The average molecular weight is 583 g/mol. The molecule has 1 N–H and O–H groups in total. The number of ketones is 2. The zero-order valence-corrected chi connectivity index (χ0v) is 29.6. The molecular formula is C24H40K2O9S. The van der Waals surface area contributed by atoms with Gasteiger partial charge in [-0.3, -0.25) is 14.1 Å². The predicted octanol–water partition coefficient (Wildman–Crippen LogP) is -3.84. The van der Waals surface area contributed by atoms with Gasteiger partial charge in [0.1, 0.15) is 0 Å². The van der Waals surface area contributed by atoms with Gasteiger partial charge in [-0.2, -0.15) is 8.42 Å². The second-order valence-corrected chi connectivity index (χ2v) is 10.4. The molecule has 0 aromatic carbocycles. The maximum atomic E-state index is 13.0. The van der Waals surface area contributed by atoms with Crippen LogP contribution in [0.2, 0.25) is 0 Å². The summed E-state index contributed by atoms with van der Waals surface area (Å²) in [6, 6.07) is 0. The van der Waals surface area contributed by atoms with Crippen LogP contribution in [-0.2, 0) is 29.3 Å². The van der Waals surface area contributed by atoms with E-state index >= 15 is 0 Å². The van der Waals surface area contributed by atoms with E-state index in [1.165, 1.54) is 0 Å². The first-order valence-electron chi connectivity index (χ1n) is 12.4. The van der Waals surface area contributed by atoms with E-state index in [4.69, 9.17) is 0 Å². The maximum absolute atomic E-state index is 13.0. The molecular weight excluding hydrogens is 543 g/mol. The summed E-state index contributed by atoms with van der Waals surface area (Å²) in [5.41, 5.74) is -3.54. The number of carbonyl (C=O) groups excluding carboxylic acids is 4. The van der Waals surface area contributed by atoms with Gasteiger partial charge in [0.05, 0.1) is 11.9 Å². The van der Waals surface area contributed by atoms with Gasteiger partial charge >= 0.3 is 103 Å². The zero-order valence-electron chi connectivity index (χ0n) is 22.5. The molecule has 1 unspecified atom stereocenters. The van der Waals surface area contributed by atoms with Gasteiger partial charge in [-0.1, -0.05) is 90.9 Å². The molecule has 0 heterocycles. The van der Waals surface area contributed by atoms with Crippen LogP contribution in [0.15, 0.2) is 0 Å². The van der Waals surface area contributed by atoms with Gasteiger partial charge in [-0.25, -0.2) is 0 Å². The maximum Gasteiger partial charge on any atom is 1.00 e. The van der Waals surface area contributed by atoms with Crippen LogP contribution in [0.4, 0.5) is 0 Å². The van der Waals surface area contributed by atoms with Crippen molar-refractivity contribution in [2.45, 2.75) is 122 Å². The van der Waals surface area contributed by atoms with Gasteiger partial charge in [-0.05, 0) is 12.8 Å². The summed E-state index contributed by atoms with van der Waals surface area (Å²) >= 11 is 0. The number of unbranched alkanes of at least 4 members (excludes halogenated alkanes) is 12. The summed E-state index contributed by atoms with van der Waals surface area (Å²) in [5, 5.41) is 20.4. The van der Waals surface area contributed by atoms with Crippen molar-refractivity contribution < 1.29 is 145 Å². The number of hydrogen-bond donors (Lipinski definition) is 1. The van der Waals surface area contributed by atoms with Gasteiger partial charge < -0.3 is 19.8 Å². The van der Waals surface area contributed by atoms with Crippen LogP contribution in [0.5, 0.6) is 0 Å². The van der Waals surface area contributed by atoms with Crippen LogP contribution < -0.4 is 113 Å². The summed E-state index contributed by atoms with van der Waals surface area (Å²) in [6.45, 7) is 4.12. The fourth-order valence-electron chi connectivity index (χ4n) is 4.18. The molecule has 0 bridgehead atoms. The van der Waals surface area contributed by atoms with E-state index < -0.39 is 57.1 Å². The topological polar surface area (TPSA) is 169 Å². The molecule has 36 heavy (non-hydrogen) atoms. The van der Waals surface area contributed by atoms with E-state index in [-0.39, 0.29) is 116 Å². The van der Waals surface area contributed by atoms with Crippen molar-refractivity contribution in [3.05, 3.63) is 0 Å². The number of carboxylic acids is 2. The normalized spacial score (nSPS) is 12.2. The Morgan fingerprint density at radius 2 is 0.972 bits per heavy atom. The van der Waals surface area contributed by atoms with Crippen molar-refractivity contribution in [3.63, 3.8) is 0 Å². The molecule has 0 saturated heterocycles. The number of rotatable bonds is 22. The minimum absolute atomic E-state index is 0. The van der Waals surface area contributed by atoms with Crippen LogP contribution >= 0.6 is 0 Å². The second kappa shape index (κ2) is 23.2. The van der Waals surface area contributed by atoms with E-state index in [0.29, 0.717) is 12.8 Å². The van der Waals surface area contributed by atoms with Crippen molar-refractivity contribution in [2.24, 2.45) is 5.41 Å². The van der Waals surface area contributed by atoms with E-state index in [0.717, 1.165) is 64.2 Å². The molecule has 0 aliphatic carbocycles. The molecule has 0 aliphatic rings. The van der Waals surface area contributed by atoms with Crippen LogP contribution in [0.3, 0.4) is 0 Å². The summed E-state index contributed by atoms with van der Waals surface area (Å²) in [6.07, 6.45) is 9.80. The van der Waals surface area contributed by atoms with Gasteiger partial charge in [0.2, 0.25) is 0 Å². The minimum atomic E-state index is -5.67. The van der Waals surface area contributed by atoms with Crippen LogP contribution in [0.1, 0.15) is 117 Å². The third-order valence-electron chi connectivity index (χ3n) is 6.12. The van der Waals surface area contributed by atoms with Crippen LogP contribution in [0, 0.1) is 5.41 Å². The Bertz CT molecular complexity index is 740. The molecule has 9 nitrogen and oxygen atoms in total. The number of Topliss-reactive ketones (excluding diaryl/α,β-unsaturated/α-hetero) is 2. The SMILES string of the molecule is CCCCCCCCCC(=O)C(C(=O)[O-])(C(=O)CCCCCCCCC)C(C(=O)[O-])S(=O)(=O)O.[K+].[K+]. The first-order valence-corrected chi connectivity index (χ1v) is 13.9. The molecule has 0 radical (unpaired) electrons. The molecule has 1 atom stereocenters. The van der Waals surface area contributed by atoms with Gasteiger partial charge in [-0.15, -0.1) is 0 Å². The standard InChI is InChI=1S/C24H42O9S.2K/c1-3-5-7-9-11-13-15-17-19(25)24(23(29)30,21(22(27)28)34(31,32)33)20(26)18-16-14-12-10-8-6-4-2;;/h21H,3-18H2,1-2H3,(H,27,28)(H,29,30)(H,31,32,33);;/q;2*+1/p-2. The average Bonchev–Trinajstić information content (AvgIpc) is 2.74. The predicted molar refractivity (Wildman–Crippen MR) is 123 cm³/mol. The fourth-order valence-corrected chi connectivity index (χ4v) is 5.23. The minimum Gasteiger partial charge on any atom is -0.549 e. The molecule has 0 aliphatic heterocycles. The summed E-state index contributed by atoms with van der Waals surface area (Å²) < 4.78 is 33.1. The molecule has 0 rings (SSSR count). The molecule has 198 valence electrons. The van der Waals surface area contributed by atoms with E-state index in [1.807, 2.05) is 0 Å². The monoisotopic (exact) mass is 582 g/mol. The third kappa shape index (κ3) is 14.7.